The van der Waals surface area contributed by atoms with Crippen LogP contribution in [0.2, 0.25) is 0 Å². The Morgan fingerprint density at radius 2 is 1.64 bits per heavy atom. The number of likely N-dealkylation sites (tertiary alicyclic amines) is 1. The summed E-state index contributed by atoms with van der Waals surface area (Å²) in [4.78, 5) is 26.8. The van der Waals surface area contributed by atoms with Crippen LogP contribution in [-0.4, -0.2) is 58.1 Å². The number of amides is 2. The van der Waals surface area contributed by atoms with Gasteiger partial charge in [-0.3, -0.25) is 13.9 Å². The predicted octanol–water partition coefficient (Wildman–Crippen LogP) is 3.51. The lowest BCUT2D eigenvalue weighted by Crippen LogP contribution is -2.35. The Kier molecular flexibility index (Phi) is 8.32. The summed E-state index contributed by atoms with van der Waals surface area (Å²) in [6.45, 7) is 1.76. The summed E-state index contributed by atoms with van der Waals surface area (Å²) in [6, 6.07) is 13.6. The van der Waals surface area contributed by atoms with Crippen molar-refractivity contribution in [1.82, 2.24) is 4.90 Å². The van der Waals surface area contributed by atoms with Crippen LogP contribution >= 0.6 is 0 Å². The fourth-order valence-corrected chi connectivity index (χ4v) is 4.78. The van der Waals surface area contributed by atoms with Gasteiger partial charge in [0.25, 0.3) is 5.91 Å². The van der Waals surface area contributed by atoms with Crippen LogP contribution in [0.15, 0.2) is 48.5 Å². The number of methoxy groups -OCH3 is 1. The number of benzene rings is 2. The van der Waals surface area contributed by atoms with E-state index >= 15 is 0 Å². The van der Waals surface area contributed by atoms with Crippen molar-refractivity contribution in [3.63, 3.8) is 0 Å². The molecule has 0 aliphatic carbocycles. The van der Waals surface area contributed by atoms with Crippen LogP contribution in [0.3, 0.4) is 0 Å². The molecule has 8 nitrogen and oxygen atoms in total. The third kappa shape index (κ3) is 6.95. The topological polar surface area (TPSA) is 96.0 Å². The van der Waals surface area contributed by atoms with Crippen molar-refractivity contribution in [2.24, 2.45) is 0 Å². The molecule has 1 heterocycles. The zero-order valence-electron chi connectivity index (χ0n) is 19.1. The second-order valence-corrected chi connectivity index (χ2v) is 10.0. The first-order chi connectivity index (χ1) is 15.8. The molecule has 2 amide bonds. The second kappa shape index (κ2) is 11.2. The quantitative estimate of drug-likeness (QED) is 0.601. The average molecular weight is 474 g/mol. The van der Waals surface area contributed by atoms with E-state index in [1.54, 1.807) is 55.6 Å². The Morgan fingerprint density at radius 1 is 1.00 bits per heavy atom. The Balaban J connectivity index is 1.51. The number of carbonyl (C=O) groups excluding carboxylic acids is 2. The van der Waals surface area contributed by atoms with Crippen LogP contribution in [0.4, 0.5) is 11.4 Å². The smallest absolute Gasteiger partial charge is 0.253 e. The molecule has 0 radical (unpaired) electrons. The molecule has 2 aromatic rings. The van der Waals surface area contributed by atoms with E-state index in [9.17, 15) is 18.0 Å². The molecule has 0 saturated carbocycles. The third-order valence-corrected chi connectivity index (χ3v) is 6.78. The molecule has 1 aliphatic heterocycles. The van der Waals surface area contributed by atoms with Gasteiger partial charge in [0, 0.05) is 37.3 Å². The van der Waals surface area contributed by atoms with Crippen molar-refractivity contribution in [1.29, 1.82) is 0 Å². The van der Waals surface area contributed by atoms with E-state index in [-0.39, 0.29) is 24.8 Å². The SMILES string of the molecule is COc1ccc(N(CCCC(=O)Nc2ccc(C(=O)N3CCCCC3)cc2)S(C)(=O)=O)cc1. The molecule has 178 valence electrons. The number of piperidine rings is 1. The molecule has 3 rings (SSSR count). The number of anilines is 2. The van der Waals surface area contributed by atoms with Crippen LogP contribution in [0.25, 0.3) is 0 Å². The minimum atomic E-state index is -3.49. The molecule has 1 saturated heterocycles. The highest BCUT2D eigenvalue weighted by Gasteiger charge is 2.19. The van der Waals surface area contributed by atoms with Crippen LogP contribution in [0.5, 0.6) is 5.75 Å². The maximum absolute atomic E-state index is 12.6. The molecule has 1 aliphatic rings. The van der Waals surface area contributed by atoms with E-state index in [2.05, 4.69) is 5.32 Å². The van der Waals surface area contributed by atoms with Crippen LogP contribution in [-0.2, 0) is 14.8 Å². The molecular weight excluding hydrogens is 442 g/mol. The molecule has 0 spiro atoms. The van der Waals surface area contributed by atoms with Gasteiger partial charge in [-0.2, -0.15) is 0 Å². The summed E-state index contributed by atoms with van der Waals surface area (Å²) < 4.78 is 30.8. The highest BCUT2D eigenvalue weighted by Crippen LogP contribution is 2.22. The van der Waals surface area contributed by atoms with Gasteiger partial charge in [-0.15, -0.1) is 0 Å². The van der Waals surface area contributed by atoms with Gasteiger partial charge < -0.3 is 15.0 Å². The summed E-state index contributed by atoms with van der Waals surface area (Å²) in [5.41, 5.74) is 1.73. The minimum Gasteiger partial charge on any atom is -0.497 e. The second-order valence-electron chi connectivity index (χ2n) is 8.12. The van der Waals surface area contributed by atoms with Crippen molar-refractivity contribution >= 4 is 33.2 Å². The molecule has 0 atom stereocenters. The van der Waals surface area contributed by atoms with Crippen molar-refractivity contribution in [2.75, 3.05) is 42.6 Å². The standard InChI is InChI=1S/C24H31N3O5S/c1-32-22-14-12-21(13-15-22)27(33(2,30)31)18-6-7-23(28)25-20-10-8-19(9-11-20)24(29)26-16-4-3-5-17-26/h8-15H,3-7,16-18H2,1-2H3,(H,25,28). The Labute approximate surface area is 195 Å². The lowest BCUT2D eigenvalue weighted by Gasteiger charge is -2.26. The number of ether oxygens (including phenoxy) is 1. The van der Waals surface area contributed by atoms with E-state index in [1.807, 2.05) is 4.90 Å². The molecule has 0 unspecified atom stereocenters. The fraction of sp³-hybridized carbons (Fsp3) is 0.417. The average Bonchev–Trinajstić information content (AvgIpc) is 2.82. The first-order valence-corrected chi connectivity index (χ1v) is 12.9. The molecule has 9 heteroatoms. The Hall–Kier alpha value is -3.07. The molecular formula is C24H31N3O5S. The van der Waals surface area contributed by atoms with Crippen LogP contribution < -0.4 is 14.4 Å². The highest BCUT2D eigenvalue weighted by atomic mass is 32.2. The number of nitrogens with zero attached hydrogens (tertiary/aromatic N) is 2. The molecule has 33 heavy (non-hydrogen) atoms. The van der Waals surface area contributed by atoms with Gasteiger partial charge in [0.2, 0.25) is 15.9 Å². The van der Waals surface area contributed by atoms with Gasteiger partial charge in [0.05, 0.1) is 19.1 Å². The predicted molar refractivity (Wildman–Crippen MR) is 129 cm³/mol. The molecule has 0 aromatic heterocycles. The fourth-order valence-electron chi connectivity index (χ4n) is 3.82. The van der Waals surface area contributed by atoms with Crippen LogP contribution in [0.1, 0.15) is 42.5 Å². The van der Waals surface area contributed by atoms with Gasteiger partial charge in [0.1, 0.15) is 5.75 Å². The summed E-state index contributed by atoms with van der Waals surface area (Å²) >= 11 is 0. The lowest BCUT2D eigenvalue weighted by atomic mass is 10.1. The highest BCUT2D eigenvalue weighted by molar-refractivity contribution is 7.92. The maximum Gasteiger partial charge on any atom is 0.253 e. The van der Waals surface area contributed by atoms with E-state index in [4.69, 9.17) is 4.74 Å². The molecule has 1 fully saturated rings. The van der Waals surface area contributed by atoms with E-state index in [0.29, 0.717) is 29.1 Å². The minimum absolute atomic E-state index is 0.0203. The van der Waals surface area contributed by atoms with E-state index in [1.165, 1.54) is 4.31 Å². The molecule has 1 N–H and O–H groups in total. The summed E-state index contributed by atoms with van der Waals surface area (Å²) in [5.74, 6) is 0.440. The Bertz CT molecular complexity index is 1050. The van der Waals surface area contributed by atoms with E-state index < -0.39 is 10.0 Å². The van der Waals surface area contributed by atoms with Crippen molar-refractivity contribution in [2.45, 2.75) is 32.1 Å². The molecule has 2 aromatic carbocycles. The van der Waals surface area contributed by atoms with E-state index in [0.717, 1.165) is 38.6 Å². The maximum atomic E-state index is 12.6. The molecule has 0 bridgehead atoms. The Morgan fingerprint density at radius 3 is 2.21 bits per heavy atom. The summed E-state index contributed by atoms with van der Waals surface area (Å²) in [7, 11) is -1.95. The van der Waals surface area contributed by atoms with Gasteiger partial charge in [-0.25, -0.2) is 8.42 Å². The number of hydrogen-bond acceptors (Lipinski definition) is 5. The first kappa shape index (κ1) is 24.6. The number of nitrogens with one attached hydrogen (secondary N) is 1. The largest absolute Gasteiger partial charge is 0.497 e. The summed E-state index contributed by atoms with van der Waals surface area (Å²) in [6.07, 6.45) is 4.90. The zero-order chi connectivity index (χ0) is 23.8. The van der Waals surface area contributed by atoms with Gasteiger partial charge in [-0.05, 0) is 74.2 Å². The van der Waals surface area contributed by atoms with Crippen molar-refractivity contribution < 1.29 is 22.7 Å². The number of carbonyl (C=O) groups is 2. The van der Waals surface area contributed by atoms with Crippen LogP contribution in [0, 0.1) is 0 Å². The van der Waals surface area contributed by atoms with Gasteiger partial charge in [-0.1, -0.05) is 0 Å². The normalized spacial score (nSPS) is 13.9. The number of rotatable bonds is 9. The number of sulfonamides is 1. The van der Waals surface area contributed by atoms with Crippen molar-refractivity contribution in [3.8, 4) is 5.75 Å². The number of hydrogen-bond donors (Lipinski definition) is 1. The zero-order valence-corrected chi connectivity index (χ0v) is 19.9. The van der Waals surface area contributed by atoms with Gasteiger partial charge in [0.15, 0.2) is 0 Å². The summed E-state index contributed by atoms with van der Waals surface area (Å²) in [5, 5.41) is 2.81. The lowest BCUT2D eigenvalue weighted by molar-refractivity contribution is -0.116. The third-order valence-electron chi connectivity index (χ3n) is 5.58. The van der Waals surface area contributed by atoms with Crippen molar-refractivity contribution in [3.05, 3.63) is 54.1 Å². The first-order valence-electron chi connectivity index (χ1n) is 11.1. The monoisotopic (exact) mass is 473 g/mol. The van der Waals surface area contributed by atoms with Gasteiger partial charge >= 0.3 is 0 Å².